The highest BCUT2D eigenvalue weighted by molar-refractivity contribution is 6.01. The highest BCUT2D eigenvalue weighted by Gasteiger charge is 2.24. The van der Waals surface area contributed by atoms with Crippen LogP contribution >= 0.6 is 0 Å². The average Bonchev–Trinajstić information content (AvgIpc) is 2.70. The SMILES string of the molecule is COC(=O)c1cc(NC(=O)C(OC(C)=O)c2ccccc2)cc(C(=O)OC)c1. The second kappa shape index (κ2) is 9.31. The summed E-state index contributed by atoms with van der Waals surface area (Å²) in [5.74, 6) is -2.68. The lowest BCUT2D eigenvalue weighted by molar-refractivity contribution is -0.152. The van der Waals surface area contributed by atoms with E-state index in [4.69, 9.17) is 4.74 Å². The third-order valence-corrected chi connectivity index (χ3v) is 3.67. The van der Waals surface area contributed by atoms with Crippen molar-refractivity contribution in [3.8, 4) is 0 Å². The Morgan fingerprint density at radius 1 is 0.857 bits per heavy atom. The smallest absolute Gasteiger partial charge is 0.337 e. The van der Waals surface area contributed by atoms with E-state index >= 15 is 0 Å². The number of nitrogens with one attached hydrogen (secondary N) is 1. The zero-order valence-electron chi connectivity index (χ0n) is 15.6. The Bertz CT molecular complexity index is 858. The summed E-state index contributed by atoms with van der Waals surface area (Å²) < 4.78 is 14.5. The van der Waals surface area contributed by atoms with E-state index in [9.17, 15) is 19.2 Å². The molecule has 0 saturated carbocycles. The van der Waals surface area contributed by atoms with Crippen LogP contribution in [0.3, 0.4) is 0 Å². The monoisotopic (exact) mass is 385 g/mol. The van der Waals surface area contributed by atoms with Crippen molar-refractivity contribution in [3.05, 3.63) is 65.2 Å². The topological polar surface area (TPSA) is 108 Å². The van der Waals surface area contributed by atoms with Crippen molar-refractivity contribution in [2.75, 3.05) is 19.5 Å². The van der Waals surface area contributed by atoms with Gasteiger partial charge < -0.3 is 19.5 Å². The zero-order valence-corrected chi connectivity index (χ0v) is 15.6. The van der Waals surface area contributed by atoms with E-state index in [0.717, 1.165) is 0 Å². The molecule has 8 nitrogen and oxygen atoms in total. The first-order valence-electron chi connectivity index (χ1n) is 8.20. The average molecular weight is 385 g/mol. The van der Waals surface area contributed by atoms with Crippen LogP contribution in [0.25, 0.3) is 0 Å². The second-order valence-electron chi connectivity index (χ2n) is 5.67. The van der Waals surface area contributed by atoms with E-state index in [2.05, 4.69) is 14.8 Å². The third-order valence-electron chi connectivity index (χ3n) is 3.67. The molecule has 0 radical (unpaired) electrons. The number of ether oxygens (including phenoxy) is 3. The van der Waals surface area contributed by atoms with E-state index in [1.165, 1.54) is 39.3 Å². The first-order chi connectivity index (χ1) is 13.3. The lowest BCUT2D eigenvalue weighted by Gasteiger charge is -2.17. The van der Waals surface area contributed by atoms with Gasteiger partial charge in [0.05, 0.1) is 25.3 Å². The van der Waals surface area contributed by atoms with E-state index < -0.39 is 29.9 Å². The molecule has 1 N–H and O–H groups in total. The molecule has 146 valence electrons. The number of rotatable bonds is 6. The van der Waals surface area contributed by atoms with Crippen LogP contribution < -0.4 is 5.32 Å². The van der Waals surface area contributed by atoms with Crippen LogP contribution in [0.1, 0.15) is 39.3 Å². The molecule has 0 aliphatic rings. The standard InChI is InChI=1S/C20H19NO7/c1-12(22)28-17(13-7-5-4-6-8-13)18(23)21-16-10-14(19(24)26-2)9-15(11-16)20(25)27-3/h4-11,17H,1-3H3,(H,21,23). The number of hydrogen-bond donors (Lipinski definition) is 1. The van der Waals surface area contributed by atoms with Crippen molar-refractivity contribution in [2.45, 2.75) is 13.0 Å². The Morgan fingerprint density at radius 3 is 1.86 bits per heavy atom. The van der Waals surface area contributed by atoms with Crippen LogP contribution in [-0.4, -0.2) is 38.0 Å². The molecule has 2 rings (SSSR count). The van der Waals surface area contributed by atoms with E-state index in [1.54, 1.807) is 30.3 Å². The minimum Gasteiger partial charge on any atom is -0.465 e. The van der Waals surface area contributed by atoms with Crippen LogP contribution in [-0.2, 0) is 23.8 Å². The van der Waals surface area contributed by atoms with Gasteiger partial charge in [0.2, 0.25) is 6.10 Å². The Labute approximate surface area is 161 Å². The highest BCUT2D eigenvalue weighted by Crippen LogP contribution is 2.22. The summed E-state index contributed by atoms with van der Waals surface area (Å²) in [6, 6.07) is 12.4. The van der Waals surface area contributed by atoms with E-state index in [0.29, 0.717) is 5.56 Å². The maximum absolute atomic E-state index is 12.7. The van der Waals surface area contributed by atoms with Gasteiger partial charge in [0.25, 0.3) is 5.91 Å². The maximum Gasteiger partial charge on any atom is 0.337 e. The molecule has 1 atom stereocenters. The summed E-state index contributed by atoms with van der Waals surface area (Å²) in [6.45, 7) is 1.19. The highest BCUT2D eigenvalue weighted by atomic mass is 16.5. The first-order valence-corrected chi connectivity index (χ1v) is 8.20. The van der Waals surface area contributed by atoms with Gasteiger partial charge in [-0.1, -0.05) is 30.3 Å². The first kappa shape index (κ1) is 20.6. The molecule has 0 aliphatic carbocycles. The molecule has 8 heteroatoms. The molecule has 0 spiro atoms. The number of amides is 1. The number of hydrogen-bond acceptors (Lipinski definition) is 7. The van der Waals surface area contributed by atoms with Crippen LogP contribution in [0.2, 0.25) is 0 Å². The Morgan fingerprint density at radius 2 is 1.39 bits per heavy atom. The van der Waals surface area contributed by atoms with E-state index in [-0.39, 0.29) is 16.8 Å². The fraction of sp³-hybridized carbons (Fsp3) is 0.200. The zero-order chi connectivity index (χ0) is 20.7. The molecule has 2 aromatic rings. The molecule has 0 aromatic heterocycles. The third kappa shape index (κ3) is 5.16. The molecule has 0 fully saturated rings. The van der Waals surface area contributed by atoms with Crippen molar-refractivity contribution in [1.82, 2.24) is 0 Å². The number of carbonyl (C=O) groups excluding carboxylic acids is 4. The minimum atomic E-state index is -1.21. The Hall–Kier alpha value is -3.68. The summed E-state index contributed by atoms with van der Waals surface area (Å²) in [4.78, 5) is 47.9. The lowest BCUT2D eigenvalue weighted by atomic mass is 10.1. The van der Waals surface area contributed by atoms with Gasteiger partial charge in [0.15, 0.2) is 0 Å². The predicted molar refractivity (Wildman–Crippen MR) is 98.7 cm³/mol. The summed E-state index contributed by atoms with van der Waals surface area (Å²) in [6.07, 6.45) is -1.21. The Balaban J connectivity index is 2.38. The summed E-state index contributed by atoms with van der Waals surface area (Å²) in [5.41, 5.74) is 0.697. The van der Waals surface area contributed by atoms with Gasteiger partial charge in [-0.15, -0.1) is 0 Å². The number of methoxy groups -OCH3 is 2. The number of carbonyl (C=O) groups is 4. The van der Waals surface area contributed by atoms with Crippen molar-refractivity contribution in [1.29, 1.82) is 0 Å². The Kier molecular flexibility index (Phi) is 6.86. The number of anilines is 1. The number of benzene rings is 2. The lowest BCUT2D eigenvalue weighted by Crippen LogP contribution is -2.25. The minimum absolute atomic E-state index is 0.0458. The van der Waals surface area contributed by atoms with Gasteiger partial charge in [0, 0.05) is 18.2 Å². The van der Waals surface area contributed by atoms with Crippen LogP contribution in [0, 0.1) is 0 Å². The van der Waals surface area contributed by atoms with Crippen LogP contribution in [0.15, 0.2) is 48.5 Å². The molecule has 28 heavy (non-hydrogen) atoms. The molecule has 1 unspecified atom stereocenters. The van der Waals surface area contributed by atoms with Crippen LogP contribution in [0.4, 0.5) is 5.69 Å². The fourth-order valence-electron chi connectivity index (χ4n) is 2.45. The van der Waals surface area contributed by atoms with Gasteiger partial charge in [-0.25, -0.2) is 9.59 Å². The predicted octanol–water partition coefficient (Wildman–Crippen LogP) is 2.50. The fourth-order valence-corrected chi connectivity index (χ4v) is 2.45. The molecule has 0 saturated heterocycles. The maximum atomic E-state index is 12.7. The largest absolute Gasteiger partial charge is 0.465 e. The molecule has 1 amide bonds. The van der Waals surface area contributed by atoms with Crippen LogP contribution in [0.5, 0.6) is 0 Å². The van der Waals surface area contributed by atoms with Gasteiger partial charge >= 0.3 is 17.9 Å². The summed E-state index contributed by atoms with van der Waals surface area (Å²) >= 11 is 0. The van der Waals surface area contributed by atoms with Crippen molar-refractivity contribution < 1.29 is 33.4 Å². The number of esters is 3. The molecule has 2 aromatic carbocycles. The second-order valence-corrected chi connectivity index (χ2v) is 5.67. The van der Waals surface area contributed by atoms with Gasteiger partial charge in [-0.05, 0) is 18.2 Å². The van der Waals surface area contributed by atoms with Gasteiger partial charge in [-0.2, -0.15) is 0 Å². The normalized spacial score (nSPS) is 11.1. The molecule has 0 bridgehead atoms. The molecule has 0 aliphatic heterocycles. The molecular formula is C20H19NO7. The quantitative estimate of drug-likeness (QED) is 0.601. The van der Waals surface area contributed by atoms with E-state index in [1.807, 2.05) is 0 Å². The summed E-state index contributed by atoms with van der Waals surface area (Å²) in [5, 5.41) is 2.55. The molecule has 0 heterocycles. The van der Waals surface area contributed by atoms with Gasteiger partial charge in [-0.3, -0.25) is 9.59 Å². The van der Waals surface area contributed by atoms with Crippen molar-refractivity contribution >= 4 is 29.5 Å². The van der Waals surface area contributed by atoms with Gasteiger partial charge in [0.1, 0.15) is 0 Å². The summed E-state index contributed by atoms with van der Waals surface area (Å²) in [7, 11) is 2.38. The molecular weight excluding hydrogens is 366 g/mol. The van der Waals surface area contributed by atoms with Crippen molar-refractivity contribution in [3.63, 3.8) is 0 Å². The van der Waals surface area contributed by atoms with Crippen molar-refractivity contribution in [2.24, 2.45) is 0 Å².